The second kappa shape index (κ2) is 8.36. The normalized spacial score (nSPS) is 17.9. The van der Waals surface area contributed by atoms with Gasteiger partial charge in [0.25, 0.3) is 0 Å². The first-order valence-corrected chi connectivity index (χ1v) is 9.44. The molecule has 1 aromatic heterocycles. The van der Waals surface area contributed by atoms with Crippen LogP contribution in [-0.2, 0) is 6.42 Å². The van der Waals surface area contributed by atoms with Gasteiger partial charge in [-0.05, 0) is 37.2 Å². The van der Waals surface area contributed by atoms with E-state index in [0.717, 1.165) is 31.2 Å². The summed E-state index contributed by atoms with van der Waals surface area (Å²) in [6.07, 6.45) is 1.09. The average molecular weight is 359 g/mol. The van der Waals surface area contributed by atoms with Gasteiger partial charge >= 0.3 is 0 Å². The molecule has 1 aromatic carbocycles. The van der Waals surface area contributed by atoms with Crippen molar-refractivity contribution in [3.63, 3.8) is 0 Å². The highest BCUT2D eigenvalue weighted by Gasteiger charge is 2.22. The van der Waals surface area contributed by atoms with Crippen LogP contribution in [0, 0.1) is 0 Å². The highest BCUT2D eigenvalue weighted by molar-refractivity contribution is 7.10. The monoisotopic (exact) mass is 358 g/mol. The topological polar surface area (TPSA) is 48.9 Å². The van der Waals surface area contributed by atoms with Crippen LogP contribution in [0.4, 0.5) is 0 Å². The van der Waals surface area contributed by atoms with E-state index in [0.29, 0.717) is 6.04 Å². The molecule has 25 heavy (non-hydrogen) atoms. The van der Waals surface area contributed by atoms with Crippen LogP contribution in [0.25, 0.3) is 0 Å². The second-order valence-electron chi connectivity index (χ2n) is 6.38. The van der Waals surface area contributed by atoms with Gasteiger partial charge < -0.3 is 20.3 Å². The van der Waals surface area contributed by atoms with Crippen LogP contribution in [-0.4, -0.2) is 51.2 Å². The summed E-state index contributed by atoms with van der Waals surface area (Å²) in [5.74, 6) is 1.81. The molecule has 134 valence electrons. The molecule has 6 heteroatoms. The Morgan fingerprint density at radius 1 is 1.28 bits per heavy atom. The van der Waals surface area contributed by atoms with Crippen LogP contribution < -0.4 is 15.4 Å². The van der Waals surface area contributed by atoms with Crippen LogP contribution in [0.1, 0.15) is 16.5 Å². The number of para-hydroxylation sites is 1. The Kier molecular flexibility index (Phi) is 5.94. The largest absolute Gasteiger partial charge is 0.488 e. The number of aliphatic imine (C=N–C) groups is 1. The van der Waals surface area contributed by atoms with Crippen molar-refractivity contribution in [2.75, 3.05) is 34.2 Å². The Hall–Kier alpha value is -2.05. The molecule has 5 nitrogen and oxygen atoms in total. The maximum absolute atomic E-state index is 5.97. The molecule has 0 saturated heterocycles. The molecule has 0 fully saturated rings. The summed E-state index contributed by atoms with van der Waals surface area (Å²) in [6, 6.07) is 12.8. The number of guanidine groups is 1. The van der Waals surface area contributed by atoms with Crippen molar-refractivity contribution in [3.05, 3.63) is 52.2 Å². The first-order chi connectivity index (χ1) is 12.2. The lowest BCUT2D eigenvalue weighted by Gasteiger charge is -2.25. The number of nitrogens with one attached hydrogen (secondary N) is 2. The van der Waals surface area contributed by atoms with Gasteiger partial charge in [-0.2, -0.15) is 0 Å². The summed E-state index contributed by atoms with van der Waals surface area (Å²) in [6.45, 7) is 1.54. The highest BCUT2D eigenvalue weighted by atomic mass is 32.1. The maximum Gasteiger partial charge on any atom is 0.191 e. The minimum Gasteiger partial charge on any atom is -0.488 e. The summed E-state index contributed by atoms with van der Waals surface area (Å²) in [4.78, 5) is 7.91. The van der Waals surface area contributed by atoms with Gasteiger partial charge in [-0.15, -0.1) is 11.3 Å². The van der Waals surface area contributed by atoms with Crippen molar-refractivity contribution in [2.24, 2.45) is 4.99 Å². The summed E-state index contributed by atoms with van der Waals surface area (Å²) in [5.41, 5.74) is 1.28. The minimum atomic E-state index is 0.151. The van der Waals surface area contributed by atoms with Gasteiger partial charge in [0.2, 0.25) is 0 Å². The molecule has 0 aliphatic carbocycles. The number of likely N-dealkylation sites (N-methyl/N-ethyl adjacent to an activating group) is 1. The molecule has 1 aliphatic heterocycles. The van der Waals surface area contributed by atoms with E-state index in [1.165, 1.54) is 10.4 Å². The second-order valence-corrected chi connectivity index (χ2v) is 7.36. The summed E-state index contributed by atoms with van der Waals surface area (Å²) >= 11 is 1.78. The Labute approximate surface area is 153 Å². The Bertz CT molecular complexity index is 674. The van der Waals surface area contributed by atoms with E-state index < -0.39 is 0 Å². The smallest absolute Gasteiger partial charge is 0.191 e. The molecule has 0 saturated carbocycles. The van der Waals surface area contributed by atoms with Crippen LogP contribution in [0.2, 0.25) is 0 Å². The predicted octanol–water partition coefficient (Wildman–Crippen LogP) is 2.52. The number of fused-ring (bicyclic) bond motifs is 1. The van der Waals surface area contributed by atoms with Gasteiger partial charge in [0, 0.05) is 24.9 Å². The third-order valence-corrected chi connectivity index (χ3v) is 5.37. The molecular weight excluding hydrogens is 332 g/mol. The van der Waals surface area contributed by atoms with E-state index in [1.807, 2.05) is 12.1 Å². The first-order valence-electron chi connectivity index (χ1n) is 8.56. The van der Waals surface area contributed by atoms with E-state index in [2.05, 4.69) is 64.3 Å². The van der Waals surface area contributed by atoms with E-state index in [4.69, 9.17) is 4.74 Å². The third-order valence-electron chi connectivity index (χ3n) is 4.39. The quantitative estimate of drug-likeness (QED) is 0.615. The fraction of sp³-hybridized carbons (Fsp3) is 0.421. The van der Waals surface area contributed by atoms with Gasteiger partial charge in [-0.1, -0.05) is 24.3 Å². The van der Waals surface area contributed by atoms with Crippen molar-refractivity contribution in [1.29, 1.82) is 0 Å². The molecule has 2 aromatic rings. The predicted molar refractivity (Wildman–Crippen MR) is 105 cm³/mol. The summed E-state index contributed by atoms with van der Waals surface area (Å²) < 4.78 is 5.97. The SMILES string of the molecule is CN=C(NCC1Cc2ccccc2O1)NCC(c1cccs1)N(C)C. The fourth-order valence-corrected chi connectivity index (χ4v) is 3.93. The first kappa shape index (κ1) is 17.8. The van der Waals surface area contributed by atoms with E-state index in [9.17, 15) is 0 Å². The third kappa shape index (κ3) is 4.52. The lowest BCUT2D eigenvalue weighted by molar-refractivity contribution is 0.234. The Balaban J connectivity index is 1.49. The standard InChI is InChI=1S/C19H26N4OS/c1-20-19(22-13-16(23(2)3)18-9-6-10-25-18)21-12-15-11-14-7-4-5-8-17(14)24-15/h4-10,15-16H,11-13H2,1-3H3,(H2,20,21,22). The number of nitrogens with zero attached hydrogens (tertiary/aromatic N) is 2. The highest BCUT2D eigenvalue weighted by Crippen LogP contribution is 2.27. The zero-order valence-corrected chi connectivity index (χ0v) is 15.8. The molecule has 0 radical (unpaired) electrons. The Morgan fingerprint density at radius 2 is 2.12 bits per heavy atom. The molecule has 2 N–H and O–H groups in total. The number of ether oxygens (including phenoxy) is 1. The lowest BCUT2D eigenvalue weighted by Crippen LogP contribution is -2.44. The van der Waals surface area contributed by atoms with Crippen molar-refractivity contribution in [2.45, 2.75) is 18.6 Å². The van der Waals surface area contributed by atoms with Gasteiger partial charge in [0.05, 0.1) is 12.6 Å². The lowest BCUT2D eigenvalue weighted by atomic mass is 10.1. The van der Waals surface area contributed by atoms with Crippen LogP contribution in [0.3, 0.4) is 0 Å². The van der Waals surface area contributed by atoms with Gasteiger partial charge in [-0.3, -0.25) is 4.99 Å². The number of hydrogen-bond acceptors (Lipinski definition) is 4. The van der Waals surface area contributed by atoms with Crippen LogP contribution >= 0.6 is 11.3 Å². The molecule has 2 unspecified atom stereocenters. The van der Waals surface area contributed by atoms with Gasteiger partial charge in [0.1, 0.15) is 11.9 Å². The minimum absolute atomic E-state index is 0.151. The summed E-state index contributed by atoms with van der Waals surface area (Å²) in [7, 11) is 6.01. The maximum atomic E-state index is 5.97. The van der Waals surface area contributed by atoms with Crippen molar-refractivity contribution in [1.82, 2.24) is 15.5 Å². The van der Waals surface area contributed by atoms with E-state index in [1.54, 1.807) is 18.4 Å². The molecule has 2 heterocycles. The molecule has 0 bridgehead atoms. The van der Waals surface area contributed by atoms with E-state index in [-0.39, 0.29) is 6.10 Å². The van der Waals surface area contributed by atoms with Crippen molar-refractivity contribution >= 4 is 17.3 Å². The zero-order chi connectivity index (χ0) is 17.6. The van der Waals surface area contributed by atoms with E-state index >= 15 is 0 Å². The molecule has 0 spiro atoms. The molecule has 1 aliphatic rings. The fourth-order valence-electron chi connectivity index (χ4n) is 3.01. The molecule has 3 rings (SSSR count). The molecule has 2 atom stereocenters. The molecular formula is C19H26N4OS. The van der Waals surface area contributed by atoms with Gasteiger partial charge in [-0.25, -0.2) is 0 Å². The number of rotatable bonds is 6. The van der Waals surface area contributed by atoms with Crippen molar-refractivity contribution < 1.29 is 4.74 Å². The van der Waals surface area contributed by atoms with Gasteiger partial charge in [0.15, 0.2) is 5.96 Å². The van der Waals surface area contributed by atoms with Crippen LogP contribution in [0.5, 0.6) is 5.75 Å². The zero-order valence-electron chi connectivity index (χ0n) is 15.0. The molecule has 0 amide bonds. The van der Waals surface area contributed by atoms with Crippen molar-refractivity contribution in [3.8, 4) is 5.75 Å². The Morgan fingerprint density at radius 3 is 2.80 bits per heavy atom. The summed E-state index contributed by atoms with van der Waals surface area (Å²) in [5, 5.41) is 8.94. The number of benzene rings is 1. The average Bonchev–Trinajstić information content (AvgIpc) is 3.26. The van der Waals surface area contributed by atoms with Crippen LogP contribution in [0.15, 0.2) is 46.8 Å². The number of hydrogen-bond donors (Lipinski definition) is 2. The number of thiophene rings is 1.